The molecule has 21 heavy (non-hydrogen) atoms. The molecule has 0 saturated carbocycles. The highest BCUT2D eigenvalue weighted by molar-refractivity contribution is 5.58. The Bertz CT molecular complexity index is 389. The molecule has 2 nitrogen and oxygen atoms in total. The summed E-state index contributed by atoms with van der Waals surface area (Å²) in [5.41, 5.74) is 2.38. The Morgan fingerprint density at radius 3 is 2.52 bits per heavy atom. The SMILES string of the molecule is CCCCCCCC(C)Nc1ccc(C)cc1OCCC. The zero-order valence-electron chi connectivity index (χ0n) is 14.4. The smallest absolute Gasteiger partial charge is 0.142 e. The lowest BCUT2D eigenvalue weighted by Gasteiger charge is -2.19. The first-order valence-corrected chi connectivity index (χ1v) is 8.67. The van der Waals surface area contributed by atoms with E-state index in [1.165, 1.54) is 44.1 Å². The average Bonchev–Trinajstić information content (AvgIpc) is 2.47. The first kappa shape index (κ1) is 17.9. The van der Waals surface area contributed by atoms with Crippen molar-refractivity contribution >= 4 is 5.69 Å². The molecule has 0 fully saturated rings. The van der Waals surface area contributed by atoms with Gasteiger partial charge in [0.1, 0.15) is 5.75 Å². The molecule has 0 aliphatic rings. The van der Waals surface area contributed by atoms with Crippen LogP contribution < -0.4 is 10.1 Å². The van der Waals surface area contributed by atoms with Crippen LogP contribution in [-0.2, 0) is 0 Å². The summed E-state index contributed by atoms with van der Waals surface area (Å²) in [4.78, 5) is 0. The normalized spacial score (nSPS) is 12.2. The average molecular weight is 291 g/mol. The molecule has 1 N–H and O–H groups in total. The third kappa shape index (κ3) is 7.40. The second kappa shape index (κ2) is 10.5. The van der Waals surface area contributed by atoms with Crippen molar-refractivity contribution in [1.82, 2.24) is 0 Å². The third-order valence-electron chi connectivity index (χ3n) is 3.74. The van der Waals surface area contributed by atoms with Gasteiger partial charge in [-0.05, 0) is 44.4 Å². The van der Waals surface area contributed by atoms with E-state index in [-0.39, 0.29) is 0 Å². The van der Waals surface area contributed by atoms with E-state index in [1.807, 2.05) is 0 Å². The standard InChI is InChI=1S/C19H33NO/c1-5-7-8-9-10-11-17(4)20-18-13-12-16(3)15-19(18)21-14-6-2/h12-13,15,17,20H,5-11,14H2,1-4H3. The minimum absolute atomic E-state index is 0.498. The van der Waals surface area contributed by atoms with E-state index < -0.39 is 0 Å². The fourth-order valence-corrected chi connectivity index (χ4v) is 2.47. The predicted molar refractivity (Wildman–Crippen MR) is 93.4 cm³/mol. The van der Waals surface area contributed by atoms with Gasteiger partial charge in [-0.2, -0.15) is 0 Å². The van der Waals surface area contributed by atoms with Gasteiger partial charge < -0.3 is 10.1 Å². The fourth-order valence-electron chi connectivity index (χ4n) is 2.47. The van der Waals surface area contributed by atoms with Crippen LogP contribution in [0.25, 0.3) is 0 Å². The van der Waals surface area contributed by atoms with Gasteiger partial charge in [-0.1, -0.05) is 52.0 Å². The van der Waals surface area contributed by atoms with Gasteiger partial charge in [0, 0.05) is 6.04 Å². The van der Waals surface area contributed by atoms with E-state index in [0.29, 0.717) is 6.04 Å². The van der Waals surface area contributed by atoms with Crippen molar-refractivity contribution in [3.05, 3.63) is 23.8 Å². The van der Waals surface area contributed by atoms with Gasteiger partial charge in [-0.3, -0.25) is 0 Å². The lowest BCUT2D eigenvalue weighted by molar-refractivity contribution is 0.318. The number of hydrogen-bond donors (Lipinski definition) is 1. The van der Waals surface area contributed by atoms with Crippen LogP contribution in [0.3, 0.4) is 0 Å². The van der Waals surface area contributed by atoms with Gasteiger partial charge in [0.05, 0.1) is 12.3 Å². The van der Waals surface area contributed by atoms with Crippen molar-refractivity contribution in [1.29, 1.82) is 0 Å². The van der Waals surface area contributed by atoms with Crippen LogP contribution in [-0.4, -0.2) is 12.6 Å². The van der Waals surface area contributed by atoms with E-state index in [0.717, 1.165) is 24.5 Å². The minimum Gasteiger partial charge on any atom is -0.491 e. The third-order valence-corrected chi connectivity index (χ3v) is 3.74. The summed E-state index contributed by atoms with van der Waals surface area (Å²) in [5.74, 6) is 0.995. The van der Waals surface area contributed by atoms with Gasteiger partial charge in [0.15, 0.2) is 0 Å². The predicted octanol–water partition coefficient (Wildman–Crippen LogP) is 5.94. The highest BCUT2D eigenvalue weighted by Gasteiger charge is 2.08. The molecule has 0 radical (unpaired) electrons. The number of rotatable bonds is 11. The zero-order valence-corrected chi connectivity index (χ0v) is 14.4. The van der Waals surface area contributed by atoms with Crippen LogP contribution in [0.5, 0.6) is 5.75 Å². The number of unbranched alkanes of at least 4 members (excludes halogenated alkanes) is 4. The second-order valence-corrected chi connectivity index (χ2v) is 6.10. The van der Waals surface area contributed by atoms with Crippen LogP contribution in [0.4, 0.5) is 5.69 Å². The van der Waals surface area contributed by atoms with E-state index in [2.05, 4.69) is 51.2 Å². The summed E-state index contributed by atoms with van der Waals surface area (Å²) in [6.45, 7) is 9.56. The molecule has 1 unspecified atom stereocenters. The van der Waals surface area contributed by atoms with Crippen LogP contribution >= 0.6 is 0 Å². The van der Waals surface area contributed by atoms with Crippen LogP contribution in [0, 0.1) is 6.92 Å². The molecule has 0 aromatic heterocycles. The summed E-state index contributed by atoms with van der Waals surface area (Å²) in [7, 11) is 0. The van der Waals surface area contributed by atoms with Crippen LogP contribution in [0.2, 0.25) is 0 Å². The molecular formula is C19H33NO. The molecule has 0 aliphatic heterocycles. The van der Waals surface area contributed by atoms with Gasteiger partial charge in [-0.25, -0.2) is 0 Å². The Labute approximate surface area is 131 Å². The summed E-state index contributed by atoms with van der Waals surface area (Å²) in [6, 6.07) is 6.92. The molecule has 1 aromatic carbocycles. The Kier molecular flexibility index (Phi) is 8.96. The quantitative estimate of drug-likeness (QED) is 0.509. The van der Waals surface area contributed by atoms with E-state index in [4.69, 9.17) is 4.74 Å². The Morgan fingerprint density at radius 2 is 1.81 bits per heavy atom. The summed E-state index contributed by atoms with van der Waals surface area (Å²) < 4.78 is 5.86. The molecular weight excluding hydrogens is 258 g/mol. The summed E-state index contributed by atoms with van der Waals surface area (Å²) in [6.07, 6.45) is 8.99. The van der Waals surface area contributed by atoms with Gasteiger partial charge in [-0.15, -0.1) is 0 Å². The number of nitrogens with one attached hydrogen (secondary N) is 1. The Balaban J connectivity index is 2.44. The molecule has 0 bridgehead atoms. The molecule has 0 heterocycles. The molecule has 1 aromatic rings. The second-order valence-electron chi connectivity index (χ2n) is 6.10. The maximum Gasteiger partial charge on any atom is 0.142 e. The van der Waals surface area contributed by atoms with Crippen molar-refractivity contribution in [3.8, 4) is 5.75 Å². The van der Waals surface area contributed by atoms with Crippen LogP contribution in [0.15, 0.2) is 18.2 Å². The molecule has 0 spiro atoms. The number of benzene rings is 1. The number of anilines is 1. The molecule has 1 atom stereocenters. The highest BCUT2D eigenvalue weighted by atomic mass is 16.5. The monoisotopic (exact) mass is 291 g/mol. The largest absolute Gasteiger partial charge is 0.491 e. The molecule has 0 aliphatic carbocycles. The molecule has 0 saturated heterocycles. The number of ether oxygens (including phenoxy) is 1. The summed E-state index contributed by atoms with van der Waals surface area (Å²) in [5, 5.41) is 3.61. The fraction of sp³-hybridized carbons (Fsp3) is 0.684. The van der Waals surface area contributed by atoms with Crippen molar-refractivity contribution in [3.63, 3.8) is 0 Å². The van der Waals surface area contributed by atoms with E-state index >= 15 is 0 Å². The van der Waals surface area contributed by atoms with Crippen LogP contribution in [0.1, 0.15) is 71.3 Å². The maximum absolute atomic E-state index is 5.86. The zero-order chi connectivity index (χ0) is 15.5. The molecule has 120 valence electrons. The lowest BCUT2D eigenvalue weighted by atomic mass is 10.1. The van der Waals surface area contributed by atoms with Gasteiger partial charge >= 0.3 is 0 Å². The van der Waals surface area contributed by atoms with Crippen molar-refractivity contribution < 1.29 is 4.74 Å². The Hall–Kier alpha value is -1.18. The van der Waals surface area contributed by atoms with Gasteiger partial charge in [0.25, 0.3) is 0 Å². The summed E-state index contributed by atoms with van der Waals surface area (Å²) >= 11 is 0. The minimum atomic E-state index is 0.498. The maximum atomic E-state index is 5.86. The molecule has 1 rings (SSSR count). The Morgan fingerprint density at radius 1 is 1.05 bits per heavy atom. The lowest BCUT2D eigenvalue weighted by Crippen LogP contribution is -2.16. The van der Waals surface area contributed by atoms with E-state index in [1.54, 1.807) is 0 Å². The highest BCUT2D eigenvalue weighted by Crippen LogP contribution is 2.27. The van der Waals surface area contributed by atoms with Gasteiger partial charge in [0.2, 0.25) is 0 Å². The van der Waals surface area contributed by atoms with Crippen molar-refractivity contribution in [2.24, 2.45) is 0 Å². The van der Waals surface area contributed by atoms with Crippen molar-refractivity contribution in [2.45, 2.75) is 78.7 Å². The van der Waals surface area contributed by atoms with Crippen molar-refractivity contribution in [2.75, 3.05) is 11.9 Å². The van der Waals surface area contributed by atoms with E-state index in [9.17, 15) is 0 Å². The topological polar surface area (TPSA) is 21.3 Å². The first-order chi connectivity index (χ1) is 10.2. The number of aryl methyl sites for hydroxylation is 1. The molecule has 0 amide bonds. The number of hydrogen-bond acceptors (Lipinski definition) is 2. The molecule has 2 heteroatoms. The first-order valence-electron chi connectivity index (χ1n) is 8.67.